The molecule has 0 heterocycles. The van der Waals surface area contributed by atoms with Gasteiger partial charge >= 0.3 is 8.80 Å². The minimum atomic E-state index is -3.93. The molecule has 0 rings (SSSR count). The van der Waals surface area contributed by atoms with Crippen molar-refractivity contribution in [1.82, 2.24) is 5.32 Å². The van der Waals surface area contributed by atoms with E-state index in [2.05, 4.69) is 5.32 Å². The highest BCUT2D eigenvalue weighted by Gasteiger charge is 2.25. The third-order valence-electron chi connectivity index (χ3n) is 2.02. The average molecular weight is 251 g/mol. The first-order chi connectivity index (χ1) is 7.10. The van der Waals surface area contributed by atoms with Gasteiger partial charge in [0.1, 0.15) is 0 Å². The Bertz CT molecular complexity index is 223. The predicted molar refractivity (Wildman–Crippen MR) is 62.4 cm³/mol. The third-order valence-corrected chi connectivity index (χ3v) is 3.05. The lowest BCUT2D eigenvalue weighted by molar-refractivity contribution is -0.869. The van der Waals surface area contributed by atoms with E-state index in [0.717, 1.165) is 11.0 Å². The second-order valence-corrected chi connectivity index (χ2v) is 7.04. The van der Waals surface area contributed by atoms with Crippen molar-refractivity contribution >= 4 is 14.7 Å². The summed E-state index contributed by atoms with van der Waals surface area (Å²) < 4.78 is 0.730. The van der Waals surface area contributed by atoms with Gasteiger partial charge in [0, 0.05) is 12.6 Å². The first-order valence-electron chi connectivity index (χ1n) is 5.34. The minimum Gasteiger partial charge on any atom is -0.390 e. The van der Waals surface area contributed by atoms with Crippen molar-refractivity contribution < 1.29 is 23.7 Å². The van der Waals surface area contributed by atoms with Gasteiger partial charge < -0.3 is 24.2 Å². The molecule has 0 atom stereocenters. The van der Waals surface area contributed by atoms with E-state index in [1.54, 1.807) is 0 Å². The third kappa shape index (κ3) is 11.6. The van der Waals surface area contributed by atoms with Crippen LogP contribution in [-0.4, -0.2) is 67.8 Å². The van der Waals surface area contributed by atoms with Gasteiger partial charge in [-0.25, -0.2) is 0 Å². The SMILES string of the molecule is C[N+](C)(C)CCC(=O)NCCC[Si](O)(O)O. The van der Waals surface area contributed by atoms with Gasteiger partial charge in [-0.05, 0) is 6.42 Å². The topological polar surface area (TPSA) is 89.8 Å². The van der Waals surface area contributed by atoms with Crippen LogP contribution in [0.5, 0.6) is 0 Å². The van der Waals surface area contributed by atoms with Crippen molar-refractivity contribution in [3.8, 4) is 0 Å². The molecule has 0 unspecified atom stereocenters. The molecule has 1 amide bonds. The molecule has 96 valence electrons. The summed E-state index contributed by atoms with van der Waals surface area (Å²) >= 11 is 0. The average Bonchev–Trinajstić information content (AvgIpc) is 2.06. The Labute approximate surface area is 97.5 Å². The van der Waals surface area contributed by atoms with Gasteiger partial charge in [0.05, 0.1) is 34.1 Å². The maximum Gasteiger partial charge on any atom is 0.492 e. The Kier molecular flexibility index (Phi) is 6.12. The van der Waals surface area contributed by atoms with Gasteiger partial charge in [0.25, 0.3) is 0 Å². The van der Waals surface area contributed by atoms with Gasteiger partial charge in [0.2, 0.25) is 5.91 Å². The van der Waals surface area contributed by atoms with E-state index in [-0.39, 0.29) is 12.0 Å². The molecule has 6 nitrogen and oxygen atoms in total. The summed E-state index contributed by atoms with van der Waals surface area (Å²) in [4.78, 5) is 37.5. The second-order valence-electron chi connectivity index (χ2n) is 4.99. The van der Waals surface area contributed by atoms with Gasteiger partial charge in [-0.1, -0.05) is 0 Å². The number of rotatable bonds is 7. The summed E-state index contributed by atoms with van der Waals surface area (Å²) in [5.41, 5.74) is 0. The van der Waals surface area contributed by atoms with E-state index in [1.807, 2.05) is 21.1 Å². The minimum absolute atomic E-state index is 0.0391. The number of quaternary nitrogens is 1. The molecule has 0 saturated heterocycles. The molecule has 0 spiro atoms. The van der Waals surface area contributed by atoms with Crippen molar-refractivity contribution in [3.63, 3.8) is 0 Å². The Morgan fingerprint density at radius 1 is 1.25 bits per heavy atom. The van der Waals surface area contributed by atoms with Crippen LogP contribution in [0.25, 0.3) is 0 Å². The number of carbonyl (C=O) groups is 1. The van der Waals surface area contributed by atoms with Crippen LogP contribution >= 0.6 is 0 Å². The molecule has 0 aliphatic carbocycles. The molecule has 0 aliphatic heterocycles. The van der Waals surface area contributed by atoms with Gasteiger partial charge in [0.15, 0.2) is 0 Å². The maximum atomic E-state index is 11.3. The van der Waals surface area contributed by atoms with Crippen LogP contribution < -0.4 is 5.32 Å². The smallest absolute Gasteiger partial charge is 0.390 e. The maximum absolute atomic E-state index is 11.3. The van der Waals surface area contributed by atoms with E-state index in [1.165, 1.54) is 0 Å². The first-order valence-corrected chi connectivity index (χ1v) is 7.39. The zero-order valence-electron chi connectivity index (χ0n) is 10.2. The normalized spacial score (nSPS) is 12.6. The van der Waals surface area contributed by atoms with Crippen LogP contribution in [0.1, 0.15) is 12.8 Å². The van der Waals surface area contributed by atoms with Gasteiger partial charge in [-0.15, -0.1) is 0 Å². The zero-order valence-corrected chi connectivity index (χ0v) is 11.2. The number of hydrogen-bond donors (Lipinski definition) is 4. The van der Waals surface area contributed by atoms with Crippen LogP contribution in [0.15, 0.2) is 0 Å². The van der Waals surface area contributed by atoms with Gasteiger partial charge in [-0.2, -0.15) is 0 Å². The van der Waals surface area contributed by atoms with E-state index in [4.69, 9.17) is 14.4 Å². The van der Waals surface area contributed by atoms with Crippen molar-refractivity contribution in [2.45, 2.75) is 18.9 Å². The van der Waals surface area contributed by atoms with E-state index in [9.17, 15) is 4.79 Å². The fourth-order valence-electron chi connectivity index (χ4n) is 1.08. The standard InChI is InChI=1S/C9H22N2O4Si/c1-11(2,3)7-5-9(12)10-6-4-8-16(13,14)15/h13-15H,4-8H2,1-3H3/p+1. The summed E-state index contributed by atoms with van der Waals surface area (Å²) in [6.45, 7) is 1.12. The number of hydrogen-bond acceptors (Lipinski definition) is 4. The van der Waals surface area contributed by atoms with Crippen LogP contribution in [-0.2, 0) is 4.79 Å². The Morgan fingerprint density at radius 2 is 1.81 bits per heavy atom. The van der Waals surface area contributed by atoms with E-state index in [0.29, 0.717) is 19.4 Å². The van der Waals surface area contributed by atoms with Crippen LogP contribution in [0.4, 0.5) is 0 Å². The second kappa shape index (κ2) is 6.31. The molecule has 0 aromatic carbocycles. The molecule has 4 N–H and O–H groups in total. The van der Waals surface area contributed by atoms with E-state index < -0.39 is 8.80 Å². The molecule has 7 heteroatoms. The lowest BCUT2D eigenvalue weighted by atomic mass is 10.3. The van der Waals surface area contributed by atoms with Crippen molar-refractivity contribution in [2.24, 2.45) is 0 Å². The summed E-state index contributed by atoms with van der Waals surface area (Å²) in [6.07, 6.45) is 0.829. The highest BCUT2D eigenvalue weighted by molar-refractivity contribution is 6.56. The highest BCUT2D eigenvalue weighted by Crippen LogP contribution is 2.00. The fourth-order valence-corrected chi connectivity index (χ4v) is 1.73. The van der Waals surface area contributed by atoms with Crippen LogP contribution in [0, 0.1) is 0 Å². The largest absolute Gasteiger partial charge is 0.492 e. The van der Waals surface area contributed by atoms with Crippen LogP contribution in [0.3, 0.4) is 0 Å². The molecular formula is C9H23N2O4Si+. The molecule has 0 aromatic heterocycles. The molecule has 0 bridgehead atoms. The number of nitrogens with zero attached hydrogens (tertiary/aromatic N) is 1. The summed E-state index contributed by atoms with van der Waals surface area (Å²) in [5.74, 6) is -0.0471. The van der Waals surface area contributed by atoms with Crippen LogP contribution in [0.2, 0.25) is 6.04 Å². The highest BCUT2D eigenvalue weighted by atomic mass is 28.4. The lowest BCUT2D eigenvalue weighted by Crippen LogP contribution is -2.39. The number of nitrogens with one attached hydrogen (secondary N) is 1. The van der Waals surface area contributed by atoms with Crippen molar-refractivity contribution in [3.05, 3.63) is 0 Å². The molecular weight excluding hydrogens is 228 g/mol. The number of amides is 1. The molecule has 0 aliphatic rings. The molecule has 0 fully saturated rings. The Morgan fingerprint density at radius 3 is 2.25 bits per heavy atom. The van der Waals surface area contributed by atoms with E-state index >= 15 is 0 Å². The predicted octanol–water partition coefficient (Wildman–Crippen LogP) is -1.50. The Hall–Kier alpha value is -0.473. The Balaban J connectivity index is 3.52. The van der Waals surface area contributed by atoms with Crippen molar-refractivity contribution in [2.75, 3.05) is 34.2 Å². The monoisotopic (exact) mass is 251 g/mol. The van der Waals surface area contributed by atoms with Crippen molar-refractivity contribution in [1.29, 1.82) is 0 Å². The zero-order chi connectivity index (χ0) is 12.8. The first kappa shape index (κ1) is 15.5. The quantitative estimate of drug-likeness (QED) is 0.252. The lowest BCUT2D eigenvalue weighted by Gasteiger charge is -2.23. The summed E-state index contributed by atoms with van der Waals surface area (Å²) in [5, 5.41) is 2.67. The van der Waals surface area contributed by atoms with Gasteiger partial charge in [-0.3, -0.25) is 4.79 Å². The molecule has 0 aromatic rings. The summed E-state index contributed by atoms with van der Waals surface area (Å²) in [6, 6.07) is -0.0391. The fraction of sp³-hybridized carbons (Fsp3) is 0.889. The number of carbonyl (C=O) groups excluding carboxylic acids is 1. The molecule has 0 saturated carbocycles. The molecule has 0 radical (unpaired) electrons. The summed E-state index contributed by atoms with van der Waals surface area (Å²) in [7, 11) is 2.10. The molecule has 16 heavy (non-hydrogen) atoms.